The first-order chi connectivity index (χ1) is 14.0. The number of hydrogen-bond donors (Lipinski definition) is 2. The van der Waals surface area contributed by atoms with Gasteiger partial charge in [-0.1, -0.05) is 17.7 Å². The molecule has 0 unspecified atom stereocenters. The second-order valence-corrected chi connectivity index (χ2v) is 6.64. The van der Waals surface area contributed by atoms with Crippen LogP contribution in [0.2, 0.25) is 5.02 Å². The highest BCUT2D eigenvalue weighted by Gasteiger charge is 2.08. The molecular formula is C21H15ClFN3O2S. The molecule has 0 saturated carbocycles. The molecule has 0 radical (unpaired) electrons. The zero-order valence-corrected chi connectivity index (χ0v) is 16.5. The van der Waals surface area contributed by atoms with Crippen LogP contribution in [0.25, 0.3) is 0 Å². The molecule has 0 heterocycles. The molecule has 8 heteroatoms. The Morgan fingerprint density at radius 3 is 2.48 bits per heavy atom. The van der Waals surface area contributed by atoms with Gasteiger partial charge in [0.25, 0.3) is 0 Å². The molecule has 5 nitrogen and oxygen atoms in total. The summed E-state index contributed by atoms with van der Waals surface area (Å²) in [5.41, 5.74) is 4.45. The highest BCUT2D eigenvalue weighted by atomic mass is 35.5. The normalized spacial score (nSPS) is 10.6. The minimum absolute atomic E-state index is 0.264. The highest BCUT2D eigenvalue weighted by Crippen LogP contribution is 2.16. The molecule has 3 rings (SSSR count). The van der Waals surface area contributed by atoms with Crippen LogP contribution in [0.5, 0.6) is 5.75 Å². The van der Waals surface area contributed by atoms with Crippen molar-refractivity contribution in [3.63, 3.8) is 0 Å². The lowest BCUT2D eigenvalue weighted by atomic mass is 10.2. The van der Waals surface area contributed by atoms with Gasteiger partial charge in [-0.2, -0.15) is 5.10 Å². The van der Waals surface area contributed by atoms with Gasteiger partial charge in [0.15, 0.2) is 5.11 Å². The Morgan fingerprint density at radius 2 is 1.79 bits per heavy atom. The molecule has 0 spiro atoms. The van der Waals surface area contributed by atoms with Crippen molar-refractivity contribution in [3.8, 4) is 5.75 Å². The summed E-state index contributed by atoms with van der Waals surface area (Å²) in [4.78, 5) is 12.1. The quantitative estimate of drug-likeness (QED) is 0.197. The van der Waals surface area contributed by atoms with E-state index >= 15 is 0 Å². The van der Waals surface area contributed by atoms with Crippen molar-refractivity contribution in [2.45, 2.75) is 0 Å². The number of thiocarbonyl (C=S) groups is 1. The summed E-state index contributed by atoms with van der Waals surface area (Å²) in [5.74, 6) is -0.421. The van der Waals surface area contributed by atoms with E-state index in [1.54, 1.807) is 66.9 Å². The molecule has 0 amide bonds. The van der Waals surface area contributed by atoms with Crippen LogP contribution in [-0.2, 0) is 0 Å². The van der Waals surface area contributed by atoms with Crippen LogP contribution in [0, 0.1) is 5.82 Å². The van der Waals surface area contributed by atoms with Crippen LogP contribution >= 0.6 is 23.8 Å². The number of carbonyl (C=O) groups is 1. The van der Waals surface area contributed by atoms with Gasteiger partial charge in [0.2, 0.25) is 0 Å². The van der Waals surface area contributed by atoms with E-state index in [-0.39, 0.29) is 10.9 Å². The fourth-order valence-electron chi connectivity index (χ4n) is 2.26. The van der Waals surface area contributed by atoms with Crippen molar-refractivity contribution < 1.29 is 13.9 Å². The standard InChI is InChI=1S/C21H15ClFN3O2S/c22-16-3-1-2-15(12-16)20(27)28-19-10-4-14(5-11-19)13-24-26-21(29)25-18-8-6-17(23)7-9-18/h1-13H,(H2,25,26,29). The SMILES string of the molecule is O=C(Oc1ccc(C=NNC(=S)Nc2ccc(F)cc2)cc1)c1cccc(Cl)c1. The average molecular weight is 428 g/mol. The maximum absolute atomic E-state index is 12.9. The van der Waals surface area contributed by atoms with E-state index in [1.165, 1.54) is 12.1 Å². The van der Waals surface area contributed by atoms with Crippen molar-refractivity contribution in [1.82, 2.24) is 5.43 Å². The molecule has 3 aromatic carbocycles. The minimum atomic E-state index is -0.493. The number of esters is 1. The number of carbonyl (C=O) groups excluding carboxylic acids is 1. The van der Waals surface area contributed by atoms with E-state index in [2.05, 4.69) is 15.8 Å². The van der Waals surface area contributed by atoms with E-state index in [1.807, 2.05) is 0 Å². The topological polar surface area (TPSA) is 62.7 Å². The van der Waals surface area contributed by atoms with Crippen LogP contribution in [0.15, 0.2) is 77.9 Å². The Balaban J connectivity index is 1.51. The Labute approximate surface area is 177 Å². The van der Waals surface area contributed by atoms with Crippen LogP contribution < -0.4 is 15.5 Å². The van der Waals surface area contributed by atoms with Gasteiger partial charge in [0.1, 0.15) is 11.6 Å². The van der Waals surface area contributed by atoms with Gasteiger partial charge in [-0.3, -0.25) is 5.43 Å². The summed E-state index contributed by atoms with van der Waals surface area (Å²) in [5, 5.41) is 7.63. The first-order valence-electron chi connectivity index (χ1n) is 8.43. The lowest BCUT2D eigenvalue weighted by Crippen LogP contribution is -2.23. The van der Waals surface area contributed by atoms with Gasteiger partial charge in [0, 0.05) is 10.7 Å². The van der Waals surface area contributed by atoms with Crippen LogP contribution in [0.1, 0.15) is 15.9 Å². The lowest BCUT2D eigenvalue weighted by molar-refractivity contribution is 0.0735. The summed E-state index contributed by atoms with van der Waals surface area (Å²) < 4.78 is 18.2. The lowest BCUT2D eigenvalue weighted by Gasteiger charge is -2.06. The molecule has 0 aliphatic heterocycles. The summed E-state index contributed by atoms with van der Waals surface area (Å²) in [6, 6.07) is 19.1. The predicted octanol–water partition coefficient (Wildman–Crippen LogP) is 5.02. The molecule has 29 heavy (non-hydrogen) atoms. The number of ether oxygens (including phenoxy) is 1. The van der Waals surface area contributed by atoms with Gasteiger partial charge in [0.05, 0.1) is 11.8 Å². The fourth-order valence-corrected chi connectivity index (χ4v) is 2.62. The maximum Gasteiger partial charge on any atom is 0.343 e. The predicted molar refractivity (Wildman–Crippen MR) is 116 cm³/mol. The Bertz CT molecular complexity index is 1040. The Hall–Kier alpha value is -3.29. The van der Waals surface area contributed by atoms with Crippen molar-refractivity contribution in [2.75, 3.05) is 5.32 Å². The molecule has 3 aromatic rings. The third-order valence-corrected chi connectivity index (χ3v) is 4.06. The third-order valence-electron chi connectivity index (χ3n) is 3.63. The molecule has 0 bridgehead atoms. The van der Waals surface area contributed by atoms with Gasteiger partial charge in [-0.15, -0.1) is 0 Å². The Kier molecular flexibility index (Phi) is 6.89. The molecule has 0 aliphatic carbocycles. The zero-order chi connectivity index (χ0) is 20.6. The van der Waals surface area contributed by atoms with E-state index in [4.69, 9.17) is 28.6 Å². The van der Waals surface area contributed by atoms with Gasteiger partial charge >= 0.3 is 5.97 Å². The maximum atomic E-state index is 12.9. The number of halogens is 2. The van der Waals surface area contributed by atoms with E-state index in [0.717, 1.165) is 5.56 Å². The van der Waals surface area contributed by atoms with Crippen molar-refractivity contribution in [3.05, 3.63) is 94.8 Å². The summed E-state index contributed by atoms with van der Waals surface area (Å²) in [6.07, 6.45) is 1.56. The number of rotatable bonds is 5. The fraction of sp³-hybridized carbons (Fsp3) is 0. The first-order valence-corrected chi connectivity index (χ1v) is 9.22. The van der Waals surface area contributed by atoms with Crippen molar-refractivity contribution in [1.29, 1.82) is 0 Å². The summed E-state index contributed by atoms with van der Waals surface area (Å²) >= 11 is 11.0. The second kappa shape index (κ2) is 9.77. The van der Waals surface area contributed by atoms with Crippen LogP contribution in [-0.4, -0.2) is 17.3 Å². The molecule has 0 aliphatic rings. The number of benzene rings is 3. The molecule has 0 fully saturated rings. The van der Waals surface area contributed by atoms with E-state index < -0.39 is 5.97 Å². The molecule has 0 aromatic heterocycles. The summed E-state index contributed by atoms with van der Waals surface area (Å²) in [6.45, 7) is 0. The molecule has 0 atom stereocenters. The number of anilines is 1. The molecule has 2 N–H and O–H groups in total. The highest BCUT2D eigenvalue weighted by molar-refractivity contribution is 7.80. The van der Waals surface area contributed by atoms with Crippen molar-refractivity contribution >= 4 is 46.8 Å². The minimum Gasteiger partial charge on any atom is -0.423 e. The van der Waals surface area contributed by atoms with Gasteiger partial charge in [-0.25, -0.2) is 9.18 Å². The van der Waals surface area contributed by atoms with Crippen molar-refractivity contribution in [2.24, 2.45) is 5.10 Å². The number of nitrogens with zero attached hydrogens (tertiary/aromatic N) is 1. The zero-order valence-electron chi connectivity index (χ0n) is 14.9. The number of hydrogen-bond acceptors (Lipinski definition) is 4. The monoisotopic (exact) mass is 427 g/mol. The summed E-state index contributed by atoms with van der Waals surface area (Å²) in [7, 11) is 0. The molecule has 0 saturated heterocycles. The van der Waals surface area contributed by atoms with Gasteiger partial charge < -0.3 is 10.1 Å². The third kappa shape index (κ3) is 6.38. The average Bonchev–Trinajstić information content (AvgIpc) is 2.71. The molecular weight excluding hydrogens is 413 g/mol. The number of nitrogens with one attached hydrogen (secondary N) is 2. The first kappa shape index (κ1) is 20.4. The largest absolute Gasteiger partial charge is 0.423 e. The Morgan fingerprint density at radius 1 is 1.07 bits per heavy atom. The number of hydrazone groups is 1. The van der Waals surface area contributed by atoms with E-state index in [0.29, 0.717) is 22.0 Å². The van der Waals surface area contributed by atoms with Crippen LogP contribution in [0.3, 0.4) is 0 Å². The van der Waals surface area contributed by atoms with Gasteiger partial charge in [-0.05, 0) is 84.5 Å². The molecule has 146 valence electrons. The van der Waals surface area contributed by atoms with E-state index in [9.17, 15) is 9.18 Å². The smallest absolute Gasteiger partial charge is 0.343 e. The second-order valence-electron chi connectivity index (χ2n) is 5.80. The van der Waals surface area contributed by atoms with Crippen LogP contribution in [0.4, 0.5) is 10.1 Å².